The minimum Gasteiger partial charge on any atom is -0.496 e. The van der Waals surface area contributed by atoms with Gasteiger partial charge in [0.25, 0.3) is 5.91 Å². The molecule has 3 aromatic carbocycles. The van der Waals surface area contributed by atoms with Crippen LogP contribution in [0.1, 0.15) is 34.8 Å². The average Bonchev–Trinajstić information content (AvgIpc) is 2.93. The summed E-state index contributed by atoms with van der Waals surface area (Å²) in [5, 5.41) is 17.3. The zero-order valence-electron chi connectivity index (χ0n) is 22.1. The molecule has 1 amide bonds. The predicted molar refractivity (Wildman–Crippen MR) is 151 cm³/mol. The van der Waals surface area contributed by atoms with Crippen LogP contribution in [0.2, 0.25) is 0 Å². The minimum absolute atomic E-state index is 0.0210. The van der Waals surface area contributed by atoms with E-state index in [1.54, 1.807) is 38.3 Å². The van der Waals surface area contributed by atoms with E-state index < -0.39 is 28.1 Å². The molecule has 0 aromatic heterocycles. The first kappa shape index (κ1) is 29.2. The Labute approximate surface area is 225 Å². The van der Waals surface area contributed by atoms with E-state index >= 15 is 0 Å². The van der Waals surface area contributed by atoms with Gasteiger partial charge in [0.15, 0.2) is 0 Å². The molecule has 0 spiro atoms. The van der Waals surface area contributed by atoms with E-state index in [4.69, 9.17) is 4.74 Å². The summed E-state index contributed by atoms with van der Waals surface area (Å²) in [4.78, 5) is 13.3. The normalized spacial score (nSPS) is 12.9. The molecule has 0 saturated heterocycles. The van der Waals surface area contributed by atoms with Crippen molar-refractivity contribution in [3.63, 3.8) is 0 Å². The SMILES string of the molecule is CCCS(=O)(=O)N(C)c1cccc(C(=O)NC(Cc2ccccc2)C(O)CNCc2ccccc2OC)c1. The molecule has 3 aromatic rings. The van der Waals surface area contributed by atoms with Crippen molar-refractivity contribution in [2.45, 2.75) is 38.5 Å². The van der Waals surface area contributed by atoms with Crippen LogP contribution in [0.15, 0.2) is 78.9 Å². The number of hydrogen-bond acceptors (Lipinski definition) is 6. The van der Waals surface area contributed by atoms with Crippen molar-refractivity contribution < 1.29 is 23.1 Å². The lowest BCUT2D eigenvalue weighted by molar-refractivity contribution is 0.0830. The highest BCUT2D eigenvalue weighted by atomic mass is 32.2. The lowest BCUT2D eigenvalue weighted by Crippen LogP contribution is -2.48. The molecule has 0 saturated carbocycles. The average molecular weight is 540 g/mol. The standard InChI is InChI=1S/C29H37N3O5S/c1-4-17-38(35,36)32(2)25-15-10-14-23(19-25)29(34)31-26(18-22-11-6-5-7-12-22)27(33)21-30-20-24-13-8-9-16-28(24)37-3/h5-16,19,26-27,30,33H,4,17-18,20-21H2,1-3H3,(H,31,34). The molecule has 0 fully saturated rings. The number of benzene rings is 3. The molecule has 2 atom stereocenters. The van der Waals surface area contributed by atoms with Gasteiger partial charge in [-0.3, -0.25) is 9.10 Å². The second-order valence-electron chi connectivity index (χ2n) is 9.11. The Morgan fingerprint density at radius 2 is 1.74 bits per heavy atom. The number of amides is 1. The highest BCUT2D eigenvalue weighted by Crippen LogP contribution is 2.20. The number of nitrogens with zero attached hydrogens (tertiary/aromatic N) is 1. The van der Waals surface area contributed by atoms with Crippen LogP contribution in [0.25, 0.3) is 0 Å². The Morgan fingerprint density at radius 1 is 1.03 bits per heavy atom. The van der Waals surface area contributed by atoms with Gasteiger partial charge in [0, 0.05) is 31.3 Å². The number of methoxy groups -OCH3 is 1. The molecule has 8 nitrogen and oxygen atoms in total. The number of ether oxygens (including phenoxy) is 1. The molecule has 38 heavy (non-hydrogen) atoms. The zero-order chi connectivity index (χ0) is 27.5. The second-order valence-corrected chi connectivity index (χ2v) is 11.2. The molecule has 0 heterocycles. The van der Waals surface area contributed by atoms with E-state index in [0.717, 1.165) is 16.9 Å². The predicted octanol–water partition coefficient (Wildman–Crippen LogP) is 3.36. The fourth-order valence-electron chi connectivity index (χ4n) is 4.15. The molecule has 204 valence electrons. The Hall–Kier alpha value is -3.40. The maximum absolute atomic E-state index is 13.3. The Balaban J connectivity index is 1.73. The van der Waals surface area contributed by atoms with Gasteiger partial charge in [0.05, 0.1) is 30.7 Å². The molecule has 2 unspecified atom stereocenters. The third kappa shape index (κ3) is 8.05. The summed E-state index contributed by atoms with van der Waals surface area (Å²) in [5.74, 6) is 0.389. The van der Waals surface area contributed by atoms with Crippen molar-refractivity contribution >= 4 is 21.6 Å². The van der Waals surface area contributed by atoms with Crippen LogP contribution in [0, 0.1) is 0 Å². The molecule has 3 N–H and O–H groups in total. The summed E-state index contributed by atoms with van der Waals surface area (Å²) < 4.78 is 31.6. The van der Waals surface area contributed by atoms with Crippen molar-refractivity contribution in [1.82, 2.24) is 10.6 Å². The molecular formula is C29H37N3O5S. The van der Waals surface area contributed by atoms with Gasteiger partial charge in [-0.1, -0.05) is 61.5 Å². The molecule has 0 radical (unpaired) electrons. The number of rotatable bonds is 14. The lowest BCUT2D eigenvalue weighted by Gasteiger charge is -2.25. The van der Waals surface area contributed by atoms with Crippen molar-refractivity contribution in [2.75, 3.05) is 30.8 Å². The number of hydrogen-bond donors (Lipinski definition) is 3. The largest absolute Gasteiger partial charge is 0.496 e. The maximum atomic E-state index is 13.3. The van der Waals surface area contributed by atoms with Crippen LogP contribution in [-0.4, -0.2) is 58.0 Å². The van der Waals surface area contributed by atoms with Gasteiger partial charge in [-0.15, -0.1) is 0 Å². The number of nitrogens with one attached hydrogen (secondary N) is 2. The quantitative estimate of drug-likeness (QED) is 0.290. The van der Waals surface area contributed by atoms with Gasteiger partial charge in [-0.2, -0.15) is 0 Å². The molecule has 0 aliphatic heterocycles. The third-order valence-electron chi connectivity index (χ3n) is 6.29. The first-order valence-corrected chi connectivity index (χ1v) is 14.3. The van der Waals surface area contributed by atoms with E-state index in [1.807, 2.05) is 54.6 Å². The lowest BCUT2D eigenvalue weighted by atomic mass is 10.00. The van der Waals surface area contributed by atoms with Crippen LogP contribution < -0.4 is 19.7 Å². The smallest absolute Gasteiger partial charge is 0.251 e. The Kier molecular flexibility index (Phi) is 10.7. The van der Waals surface area contributed by atoms with Gasteiger partial charge < -0.3 is 20.5 Å². The molecule has 0 bridgehead atoms. The van der Waals surface area contributed by atoms with Crippen LogP contribution in [-0.2, 0) is 23.0 Å². The fourth-order valence-corrected chi connectivity index (χ4v) is 5.37. The number of para-hydroxylation sites is 1. The van der Waals surface area contributed by atoms with Gasteiger partial charge in [-0.25, -0.2) is 8.42 Å². The van der Waals surface area contributed by atoms with Crippen molar-refractivity contribution in [1.29, 1.82) is 0 Å². The van der Waals surface area contributed by atoms with E-state index in [1.165, 1.54) is 11.4 Å². The number of anilines is 1. The molecule has 9 heteroatoms. The molecule has 3 rings (SSSR count). The molecule has 0 aliphatic rings. The van der Waals surface area contributed by atoms with Gasteiger partial charge in [-0.05, 0) is 42.7 Å². The zero-order valence-corrected chi connectivity index (χ0v) is 22.9. The maximum Gasteiger partial charge on any atom is 0.251 e. The summed E-state index contributed by atoms with van der Waals surface area (Å²) in [6.07, 6.45) is 0.0376. The first-order chi connectivity index (χ1) is 18.2. The number of carbonyl (C=O) groups is 1. The van der Waals surface area contributed by atoms with Crippen molar-refractivity contribution in [3.05, 3.63) is 95.6 Å². The van der Waals surface area contributed by atoms with Crippen molar-refractivity contribution in [2.24, 2.45) is 0 Å². The Morgan fingerprint density at radius 3 is 2.45 bits per heavy atom. The summed E-state index contributed by atoms with van der Waals surface area (Å²) in [7, 11) is -0.377. The van der Waals surface area contributed by atoms with E-state index in [9.17, 15) is 18.3 Å². The van der Waals surface area contributed by atoms with E-state index in [0.29, 0.717) is 30.6 Å². The van der Waals surface area contributed by atoms with E-state index in [-0.39, 0.29) is 12.3 Å². The fraction of sp³-hybridized carbons (Fsp3) is 0.345. The second kappa shape index (κ2) is 13.9. The summed E-state index contributed by atoms with van der Waals surface area (Å²) >= 11 is 0. The molecular weight excluding hydrogens is 502 g/mol. The summed E-state index contributed by atoms with van der Waals surface area (Å²) in [6, 6.07) is 23.2. The first-order valence-electron chi connectivity index (χ1n) is 12.7. The summed E-state index contributed by atoms with van der Waals surface area (Å²) in [6.45, 7) is 2.54. The Bertz CT molecular complexity index is 1280. The number of aliphatic hydroxyl groups is 1. The van der Waals surface area contributed by atoms with Crippen molar-refractivity contribution in [3.8, 4) is 5.75 Å². The van der Waals surface area contributed by atoms with Crippen LogP contribution in [0.4, 0.5) is 5.69 Å². The number of aliphatic hydroxyl groups excluding tert-OH is 1. The monoisotopic (exact) mass is 539 g/mol. The highest BCUT2D eigenvalue weighted by Gasteiger charge is 2.24. The molecule has 0 aliphatic carbocycles. The van der Waals surface area contributed by atoms with Gasteiger partial charge >= 0.3 is 0 Å². The minimum atomic E-state index is -3.48. The van der Waals surface area contributed by atoms with Crippen LogP contribution in [0.5, 0.6) is 5.75 Å². The van der Waals surface area contributed by atoms with Crippen LogP contribution in [0.3, 0.4) is 0 Å². The van der Waals surface area contributed by atoms with Gasteiger partial charge in [0.1, 0.15) is 5.75 Å². The van der Waals surface area contributed by atoms with E-state index in [2.05, 4.69) is 10.6 Å². The topological polar surface area (TPSA) is 108 Å². The number of sulfonamides is 1. The summed E-state index contributed by atoms with van der Waals surface area (Å²) in [5.41, 5.74) is 2.66. The third-order valence-corrected chi connectivity index (χ3v) is 8.26. The highest BCUT2D eigenvalue weighted by molar-refractivity contribution is 7.92. The number of carbonyl (C=O) groups excluding carboxylic acids is 1. The van der Waals surface area contributed by atoms with Gasteiger partial charge in [0.2, 0.25) is 10.0 Å². The van der Waals surface area contributed by atoms with Crippen LogP contribution >= 0.6 is 0 Å².